The largest absolute Gasteiger partial charge is 0.159 e. The summed E-state index contributed by atoms with van der Waals surface area (Å²) in [6.45, 7) is 0. The van der Waals surface area contributed by atoms with Crippen LogP contribution >= 0.6 is 23.2 Å². The molecule has 0 N–H and O–H groups in total. The first kappa shape index (κ1) is 9.44. The van der Waals surface area contributed by atoms with Crippen LogP contribution < -0.4 is 0 Å². The first-order chi connectivity index (χ1) is 6.79. The van der Waals surface area contributed by atoms with Crippen molar-refractivity contribution in [2.24, 2.45) is 0 Å². The van der Waals surface area contributed by atoms with E-state index in [1.54, 1.807) is 30.5 Å². The van der Waals surface area contributed by atoms with Crippen molar-refractivity contribution >= 4 is 23.2 Å². The van der Waals surface area contributed by atoms with Gasteiger partial charge in [-0.15, -0.1) is 0 Å². The highest BCUT2D eigenvalue weighted by atomic mass is 35.5. The molecule has 0 saturated carbocycles. The van der Waals surface area contributed by atoms with Crippen LogP contribution in [0.1, 0.15) is 0 Å². The minimum atomic E-state index is 0.581. The summed E-state index contributed by atoms with van der Waals surface area (Å²) in [7, 11) is 0. The molecule has 4 heteroatoms. The van der Waals surface area contributed by atoms with Crippen molar-refractivity contribution in [3.63, 3.8) is 0 Å². The minimum absolute atomic E-state index is 0.581. The van der Waals surface area contributed by atoms with Crippen molar-refractivity contribution < 1.29 is 0 Å². The number of aromatic nitrogens is 2. The molecular formula is C10H6Cl2N2. The van der Waals surface area contributed by atoms with Gasteiger partial charge in [-0.3, -0.25) is 0 Å². The van der Waals surface area contributed by atoms with Crippen LogP contribution in [0.4, 0.5) is 0 Å². The van der Waals surface area contributed by atoms with Crippen LogP contribution in [-0.4, -0.2) is 10.2 Å². The van der Waals surface area contributed by atoms with Crippen LogP contribution in [0.5, 0.6) is 0 Å². The van der Waals surface area contributed by atoms with Crippen molar-refractivity contribution in [1.29, 1.82) is 0 Å². The number of rotatable bonds is 1. The molecule has 2 nitrogen and oxygen atoms in total. The van der Waals surface area contributed by atoms with Gasteiger partial charge in [0.15, 0.2) is 0 Å². The fraction of sp³-hybridized carbons (Fsp3) is 0. The molecule has 0 atom stereocenters. The van der Waals surface area contributed by atoms with Gasteiger partial charge in [0.2, 0.25) is 0 Å². The molecule has 2 aromatic rings. The Morgan fingerprint density at radius 1 is 0.929 bits per heavy atom. The van der Waals surface area contributed by atoms with Crippen LogP contribution in [0, 0.1) is 0 Å². The van der Waals surface area contributed by atoms with Gasteiger partial charge in [0.05, 0.1) is 15.7 Å². The number of nitrogens with zero attached hydrogens (tertiary/aromatic N) is 2. The molecule has 1 heterocycles. The molecule has 0 aliphatic rings. The second-order valence-corrected chi connectivity index (χ2v) is 3.52. The maximum Gasteiger partial charge on any atom is 0.0959 e. The summed E-state index contributed by atoms with van der Waals surface area (Å²) in [5.74, 6) is 0. The summed E-state index contributed by atoms with van der Waals surface area (Å²) in [4.78, 5) is 0. The fourth-order valence-electron chi connectivity index (χ4n) is 1.18. The monoisotopic (exact) mass is 224 g/mol. The molecule has 0 aliphatic heterocycles. The standard InChI is InChI=1S/C10H6Cl2N2/c11-7-3-1-4-8(12)10(7)9-5-2-6-13-14-9/h1-6H. The van der Waals surface area contributed by atoms with Gasteiger partial charge < -0.3 is 0 Å². The van der Waals surface area contributed by atoms with Gasteiger partial charge in [0, 0.05) is 11.8 Å². The smallest absolute Gasteiger partial charge is 0.0959 e. The molecule has 0 aliphatic carbocycles. The van der Waals surface area contributed by atoms with Gasteiger partial charge in [0.1, 0.15) is 0 Å². The van der Waals surface area contributed by atoms with E-state index in [0.717, 1.165) is 5.56 Å². The first-order valence-electron chi connectivity index (χ1n) is 4.01. The molecule has 14 heavy (non-hydrogen) atoms. The van der Waals surface area contributed by atoms with E-state index >= 15 is 0 Å². The van der Waals surface area contributed by atoms with Crippen molar-refractivity contribution in [2.45, 2.75) is 0 Å². The molecule has 0 spiro atoms. The SMILES string of the molecule is Clc1cccc(Cl)c1-c1cccnn1. The Bertz CT molecular complexity index is 423. The van der Waals surface area contributed by atoms with Crippen molar-refractivity contribution in [3.05, 3.63) is 46.6 Å². The summed E-state index contributed by atoms with van der Waals surface area (Å²) in [6.07, 6.45) is 1.61. The molecule has 1 aromatic carbocycles. The predicted molar refractivity (Wildman–Crippen MR) is 57.5 cm³/mol. The lowest BCUT2D eigenvalue weighted by molar-refractivity contribution is 1.04. The number of hydrogen-bond acceptors (Lipinski definition) is 2. The Morgan fingerprint density at radius 2 is 1.64 bits per heavy atom. The molecule has 0 radical (unpaired) electrons. The van der Waals surface area contributed by atoms with Gasteiger partial charge >= 0.3 is 0 Å². The highest BCUT2D eigenvalue weighted by molar-refractivity contribution is 6.39. The van der Waals surface area contributed by atoms with Crippen LogP contribution in [0.2, 0.25) is 10.0 Å². The molecule has 0 fully saturated rings. The van der Waals surface area contributed by atoms with Gasteiger partial charge in [-0.05, 0) is 24.3 Å². The highest BCUT2D eigenvalue weighted by Crippen LogP contribution is 2.32. The van der Waals surface area contributed by atoms with Gasteiger partial charge in [-0.1, -0.05) is 29.3 Å². The molecule has 70 valence electrons. The quantitative estimate of drug-likeness (QED) is 0.742. The van der Waals surface area contributed by atoms with E-state index in [4.69, 9.17) is 23.2 Å². The second kappa shape index (κ2) is 3.95. The van der Waals surface area contributed by atoms with E-state index in [-0.39, 0.29) is 0 Å². The van der Waals surface area contributed by atoms with Crippen molar-refractivity contribution in [3.8, 4) is 11.3 Å². The molecule has 0 amide bonds. The van der Waals surface area contributed by atoms with Crippen LogP contribution in [0.25, 0.3) is 11.3 Å². The lowest BCUT2D eigenvalue weighted by atomic mass is 10.1. The molecule has 1 aromatic heterocycles. The first-order valence-corrected chi connectivity index (χ1v) is 4.77. The second-order valence-electron chi connectivity index (χ2n) is 2.71. The lowest BCUT2D eigenvalue weighted by Gasteiger charge is -2.04. The van der Waals surface area contributed by atoms with Gasteiger partial charge in [0.25, 0.3) is 0 Å². The number of benzene rings is 1. The molecule has 0 unspecified atom stereocenters. The van der Waals surface area contributed by atoms with E-state index in [9.17, 15) is 0 Å². The predicted octanol–water partition coefficient (Wildman–Crippen LogP) is 3.45. The van der Waals surface area contributed by atoms with E-state index in [1.807, 2.05) is 6.07 Å². The topological polar surface area (TPSA) is 25.8 Å². The summed E-state index contributed by atoms with van der Waals surface area (Å²) in [5, 5.41) is 8.89. The van der Waals surface area contributed by atoms with Gasteiger partial charge in [-0.2, -0.15) is 10.2 Å². The molecular weight excluding hydrogens is 219 g/mol. The number of halogens is 2. The zero-order valence-electron chi connectivity index (χ0n) is 7.11. The molecule has 2 rings (SSSR count). The third-order valence-electron chi connectivity index (χ3n) is 1.79. The lowest BCUT2D eigenvalue weighted by Crippen LogP contribution is -1.87. The third kappa shape index (κ3) is 1.72. The molecule has 0 bridgehead atoms. The normalized spacial score (nSPS) is 10.1. The maximum absolute atomic E-state index is 6.01. The third-order valence-corrected chi connectivity index (χ3v) is 2.42. The average molecular weight is 225 g/mol. The summed E-state index contributed by atoms with van der Waals surface area (Å²) >= 11 is 12.0. The van der Waals surface area contributed by atoms with E-state index in [2.05, 4.69) is 10.2 Å². The summed E-state index contributed by atoms with van der Waals surface area (Å²) in [5.41, 5.74) is 1.41. The minimum Gasteiger partial charge on any atom is -0.159 e. The van der Waals surface area contributed by atoms with E-state index in [1.165, 1.54) is 0 Å². The Kier molecular flexibility index (Phi) is 2.66. The Hall–Kier alpha value is -1.12. The Labute approximate surface area is 91.5 Å². The van der Waals surface area contributed by atoms with Crippen LogP contribution in [0.3, 0.4) is 0 Å². The zero-order valence-corrected chi connectivity index (χ0v) is 8.63. The average Bonchev–Trinajstić information content (AvgIpc) is 2.19. The number of hydrogen-bond donors (Lipinski definition) is 0. The fourth-order valence-corrected chi connectivity index (χ4v) is 1.77. The van der Waals surface area contributed by atoms with E-state index in [0.29, 0.717) is 15.7 Å². The van der Waals surface area contributed by atoms with Crippen molar-refractivity contribution in [1.82, 2.24) is 10.2 Å². The highest BCUT2D eigenvalue weighted by Gasteiger charge is 2.08. The van der Waals surface area contributed by atoms with Gasteiger partial charge in [-0.25, -0.2) is 0 Å². The Balaban J connectivity index is 2.63. The zero-order chi connectivity index (χ0) is 9.97. The summed E-state index contributed by atoms with van der Waals surface area (Å²) in [6, 6.07) is 8.96. The van der Waals surface area contributed by atoms with Crippen molar-refractivity contribution in [2.75, 3.05) is 0 Å². The van der Waals surface area contributed by atoms with Crippen LogP contribution in [0.15, 0.2) is 36.5 Å². The maximum atomic E-state index is 6.01. The van der Waals surface area contributed by atoms with E-state index < -0.39 is 0 Å². The molecule has 0 saturated heterocycles. The summed E-state index contributed by atoms with van der Waals surface area (Å²) < 4.78 is 0. The van der Waals surface area contributed by atoms with Crippen LogP contribution in [-0.2, 0) is 0 Å². The Morgan fingerprint density at radius 3 is 2.21 bits per heavy atom.